The Labute approximate surface area is 185 Å². The smallest absolute Gasteiger partial charge is 0.446 e. The molecule has 0 saturated carbocycles. The molecule has 0 aliphatic carbocycles. The number of carbonyl (C=O) groups is 1. The van der Waals surface area contributed by atoms with E-state index in [9.17, 15) is 18.0 Å². The number of fused-ring (bicyclic) bond motifs is 1. The molecule has 2 heterocycles. The molecule has 0 unspecified atom stereocenters. The molecule has 4 aromatic rings. The summed E-state index contributed by atoms with van der Waals surface area (Å²) in [6.07, 6.45) is 1.42. The van der Waals surface area contributed by atoms with Gasteiger partial charge in [0.15, 0.2) is 0 Å². The number of primary amides is 1. The third-order valence-corrected chi connectivity index (χ3v) is 5.12. The zero-order valence-corrected chi connectivity index (χ0v) is 17.4. The van der Waals surface area contributed by atoms with Crippen molar-refractivity contribution in [3.05, 3.63) is 66.5 Å². The van der Waals surface area contributed by atoms with E-state index in [0.717, 1.165) is 5.52 Å². The number of amides is 1. The number of nitrogens with two attached hydrogens (primary N) is 1. The first-order valence-corrected chi connectivity index (χ1v) is 10.0. The Kier molecular flexibility index (Phi) is 5.66. The summed E-state index contributed by atoms with van der Waals surface area (Å²) in [5, 5.41) is 3.05. The highest BCUT2D eigenvalue weighted by atomic mass is 32.2. The number of thioether (sulfide) groups is 1. The van der Waals surface area contributed by atoms with Gasteiger partial charge in [0.25, 0.3) is 5.91 Å². The maximum Gasteiger partial charge on any atom is 0.446 e. The standard InChI is InChI=1S/C21H16F3N5O2S.H2/c1-29-18-6-5-13(31-14-7-8-26-17(11-14)19(25)30)10-16(18)28-20(29)27-12-3-2-4-15(9-12)32-21(22,23)24;/h2-11H,1H3,(H2,25,30)(H,27,28);1H. The molecule has 4 rings (SSSR count). The number of nitrogens with zero attached hydrogens (tertiary/aromatic N) is 3. The Morgan fingerprint density at radius 2 is 1.94 bits per heavy atom. The largest absolute Gasteiger partial charge is 0.457 e. The van der Waals surface area contributed by atoms with Crippen LogP contribution in [0.2, 0.25) is 0 Å². The maximum absolute atomic E-state index is 12.6. The SMILES string of the molecule is Cn1c(Nc2cccc(SC(F)(F)F)c2)nc2cc(Oc3ccnc(C(N)=O)c3)ccc21.[HH]. The van der Waals surface area contributed by atoms with Gasteiger partial charge in [-0.25, -0.2) is 4.98 Å². The number of hydrogen-bond acceptors (Lipinski definition) is 6. The summed E-state index contributed by atoms with van der Waals surface area (Å²) in [5.74, 6) is 0.657. The molecule has 0 aliphatic heterocycles. The molecule has 11 heteroatoms. The van der Waals surface area contributed by atoms with Crippen LogP contribution in [0.15, 0.2) is 65.7 Å². The number of nitrogens with one attached hydrogen (secondary N) is 1. The fourth-order valence-corrected chi connectivity index (χ4v) is 3.60. The van der Waals surface area contributed by atoms with Gasteiger partial charge in [-0.2, -0.15) is 13.2 Å². The van der Waals surface area contributed by atoms with Crippen molar-refractivity contribution in [2.45, 2.75) is 10.4 Å². The summed E-state index contributed by atoms with van der Waals surface area (Å²) in [4.78, 5) is 19.7. The second-order valence-electron chi connectivity index (χ2n) is 6.69. The van der Waals surface area contributed by atoms with Crippen molar-refractivity contribution in [3.8, 4) is 11.5 Å². The number of anilines is 2. The van der Waals surface area contributed by atoms with Crippen LogP contribution >= 0.6 is 11.8 Å². The molecule has 1 amide bonds. The normalized spacial score (nSPS) is 11.5. The van der Waals surface area contributed by atoms with Crippen LogP contribution in [0.3, 0.4) is 0 Å². The monoisotopic (exact) mass is 461 g/mol. The molecule has 0 atom stereocenters. The zero-order valence-electron chi connectivity index (χ0n) is 16.6. The number of aromatic nitrogens is 3. The molecule has 0 radical (unpaired) electrons. The quantitative estimate of drug-likeness (QED) is 0.370. The van der Waals surface area contributed by atoms with E-state index >= 15 is 0 Å². The molecular formula is C21H18F3N5O2S. The van der Waals surface area contributed by atoms with Crippen molar-refractivity contribution in [1.82, 2.24) is 14.5 Å². The van der Waals surface area contributed by atoms with E-state index in [2.05, 4.69) is 15.3 Å². The predicted molar refractivity (Wildman–Crippen MR) is 117 cm³/mol. The first-order chi connectivity index (χ1) is 15.2. The number of pyridine rings is 1. The molecule has 166 valence electrons. The summed E-state index contributed by atoms with van der Waals surface area (Å²) >= 11 is -0.177. The first-order valence-electron chi connectivity index (χ1n) is 9.21. The molecule has 0 fully saturated rings. The third kappa shape index (κ3) is 4.94. The van der Waals surface area contributed by atoms with E-state index in [1.165, 1.54) is 24.4 Å². The molecule has 7 nitrogen and oxygen atoms in total. The molecule has 2 aromatic carbocycles. The van der Waals surface area contributed by atoms with Crippen molar-refractivity contribution in [2.24, 2.45) is 12.8 Å². The molecule has 32 heavy (non-hydrogen) atoms. The van der Waals surface area contributed by atoms with Crippen molar-refractivity contribution in [1.29, 1.82) is 0 Å². The van der Waals surface area contributed by atoms with Crippen LogP contribution in [-0.2, 0) is 7.05 Å². The topological polar surface area (TPSA) is 95.1 Å². The number of aryl methyl sites for hydroxylation is 1. The Balaban J connectivity index is 0.00000306. The summed E-state index contributed by atoms with van der Waals surface area (Å²) in [6, 6.07) is 14.3. The van der Waals surface area contributed by atoms with Gasteiger partial charge in [-0.1, -0.05) is 6.07 Å². The lowest BCUT2D eigenvalue weighted by Crippen LogP contribution is -2.12. The third-order valence-electron chi connectivity index (χ3n) is 4.40. The molecular weight excluding hydrogens is 443 g/mol. The van der Waals surface area contributed by atoms with E-state index in [4.69, 9.17) is 10.5 Å². The number of hydrogen-bond donors (Lipinski definition) is 2. The zero-order chi connectivity index (χ0) is 22.9. The van der Waals surface area contributed by atoms with Gasteiger partial charge in [-0.15, -0.1) is 0 Å². The average molecular weight is 461 g/mol. The number of carbonyl (C=O) groups excluding carboxylic acids is 1. The van der Waals surface area contributed by atoms with Crippen LogP contribution in [-0.4, -0.2) is 26.0 Å². The number of benzene rings is 2. The highest BCUT2D eigenvalue weighted by molar-refractivity contribution is 8.00. The number of alkyl halides is 3. The Hall–Kier alpha value is -3.73. The highest BCUT2D eigenvalue weighted by Crippen LogP contribution is 2.38. The molecule has 0 spiro atoms. The number of halogens is 3. The van der Waals surface area contributed by atoms with Crippen molar-refractivity contribution < 1.29 is 24.1 Å². The van der Waals surface area contributed by atoms with E-state index in [1.807, 2.05) is 0 Å². The van der Waals surface area contributed by atoms with Gasteiger partial charge in [-0.05, 0) is 48.2 Å². The van der Waals surface area contributed by atoms with Gasteiger partial charge in [0.2, 0.25) is 5.95 Å². The number of imidazole rings is 1. The fourth-order valence-electron chi connectivity index (χ4n) is 3.00. The van der Waals surface area contributed by atoms with Crippen molar-refractivity contribution in [2.75, 3.05) is 5.32 Å². The average Bonchev–Trinajstić information content (AvgIpc) is 3.02. The lowest BCUT2D eigenvalue weighted by Gasteiger charge is -2.09. The minimum absolute atomic E-state index is 0. The highest BCUT2D eigenvalue weighted by Gasteiger charge is 2.29. The minimum atomic E-state index is -4.36. The summed E-state index contributed by atoms with van der Waals surface area (Å²) in [5.41, 5.74) is 2.83. The van der Waals surface area contributed by atoms with Gasteiger partial charge < -0.3 is 20.4 Å². The van der Waals surface area contributed by atoms with Crippen LogP contribution in [0.5, 0.6) is 11.5 Å². The van der Waals surface area contributed by atoms with Crippen LogP contribution < -0.4 is 15.8 Å². The van der Waals surface area contributed by atoms with Crippen molar-refractivity contribution >= 4 is 40.3 Å². The lowest BCUT2D eigenvalue weighted by atomic mass is 10.3. The van der Waals surface area contributed by atoms with E-state index in [0.29, 0.717) is 28.7 Å². The summed E-state index contributed by atoms with van der Waals surface area (Å²) in [7, 11) is 1.79. The maximum atomic E-state index is 12.6. The second kappa shape index (κ2) is 8.42. The second-order valence-corrected chi connectivity index (χ2v) is 7.83. The Bertz CT molecular complexity index is 1310. The molecule has 0 bridgehead atoms. The Morgan fingerprint density at radius 3 is 2.69 bits per heavy atom. The van der Waals surface area contributed by atoms with Gasteiger partial charge in [-0.3, -0.25) is 9.78 Å². The molecule has 2 aromatic heterocycles. The molecule has 0 aliphatic rings. The lowest BCUT2D eigenvalue weighted by molar-refractivity contribution is -0.0328. The van der Waals surface area contributed by atoms with Gasteiger partial charge in [0.1, 0.15) is 17.2 Å². The Morgan fingerprint density at radius 1 is 1.16 bits per heavy atom. The molecule has 3 N–H and O–H groups in total. The van der Waals surface area contributed by atoms with Crippen molar-refractivity contribution in [3.63, 3.8) is 0 Å². The van der Waals surface area contributed by atoms with Gasteiger partial charge >= 0.3 is 5.51 Å². The van der Waals surface area contributed by atoms with E-state index < -0.39 is 11.4 Å². The number of ether oxygens (including phenoxy) is 1. The predicted octanol–water partition coefficient (Wildman–Crippen LogP) is 5.46. The summed E-state index contributed by atoms with van der Waals surface area (Å²) in [6.45, 7) is 0. The fraction of sp³-hybridized carbons (Fsp3) is 0.0952. The van der Waals surface area contributed by atoms with E-state index in [1.54, 1.807) is 48.0 Å². The van der Waals surface area contributed by atoms with Crippen LogP contribution in [0, 0.1) is 0 Å². The van der Waals surface area contributed by atoms with Crippen LogP contribution in [0.1, 0.15) is 11.9 Å². The van der Waals surface area contributed by atoms with Crippen LogP contribution in [0.4, 0.5) is 24.8 Å². The van der Waals surface area contributed by atoms with Gasteiger partial charge in [0.05, 0.1) is 11.0 Å². The van der Waals surface area contributed by atoms with Gasteiger partial charge in [0, 0.05) is 37.4 Å². The summed E-state index contributed by atoms with van der Waals surface area (Å²) < 4.78 is 45.5. The molecule has 0 saturated heterocycles. The number of rotatable bonds is 6. The van der Waals surface area contributed by atoms with E-state index in [-0.39, 0.29) is 23.8 Å². The van der Waals surface area contributed by atoms with Crippen LogP contribution in [0.25, 0.3) is 11.0 Å². The first kappa shape index (κ1) is 21.5. The minimum Gasteiger partial charge on any atom is -0.457 e.